The molecule has 0 spiro atoms. The van der Waals surface area contributed by atoms with Gasteiger partial charge in [-0.25, -0.2) is 4.98 Å². The first kappa shape index (κ1) is 12.6. The highest BCUT2D eigenvalue weighted by Gasteiger charge is 2.19. The second-order valence-electron chi connectivity index (χ2n) is 4.08. The van der Waals surface area contributed by atoms with Crippen molar-refractivity contribution in [2.75, 3.05) is 24.6 Å². The van der Waals surface area contributed by atoms with Crippen molar-refractivity contribution in [3.63, 3.8) is 0 Å². The van der Waals surface area contributed by atoms with Gasteiger partial charge in [-0.05, 0) is 26.2 Å². The van der Waals surface area contributed by atoms with E-state index in [1.54, 1.807) is 6.92 Å². The first-order valence-electron chi connectivity index (χ1n) is 6.11. The molecule has 18 heavy (non-hydrogen) atoms. The second kappa shape index (κ2) is 6.20. The summed E-state index contributed by atoms with van der Waals surface area (Å²) in [5, 5.41) is 0. The number of hydrogen-bond acceptors (Lipinski definition) is 4. The molecule has 1 fully saturated rings. The summed E-state index contributed by atoms with van der Waals surface area (Å²) >= 11 is 0. The van der Waals surface area contributed by atoms with E-state index < -0.39 is 5.82 Å². The van der Waals surface area contributed by atoms with E-state index >= 15 is 0 Å². The van der Waals surface area contributed by atoms with Crippen LogP contribution in [-0.4, -0.2) is 29.7 Å². The van der Waals surface area contributed by atoms with Crippen molar-refractivity contribution in [1.82, 2.24) is 9.97 Å². The fourth-order valence-corrected chi connectivity index (χ4v) is 1.95. The number of aromatic nitrogens is 2. The van der Waals surface area contributed by atoms with Gasteiger partial charge < -0.3 is 9.64 Å². The number of halogens is 1. The molecule has 1 aromatic rings. The number of nitrogens with zero attached hydrogens (tertiary/aromatic N) is 3. The van der Waals surface area contributed by atoms with Crippen LogP contribution in [0.25, 0.3) is 0 Å². The maximum atomic E-state index is 14.1. The second-order valence-corrected chi connectivity index (χ2v) is 4.08. The summed E-state index contributed by atoms with van der Waals surface area (Å²) < 4.78 is 19.3. The molecular weight excluding hydrogens is 233 g/mol. The molecule has 5 heteroatoms. The third kappa shape index (κ3) is 2.89. The predicted octanol–water partition coefficient (Wildman–Crippen LogP) is 2.01. The van der Waals surface area contributed by atoms with E-state index in [-0.39, 0.29) is 12.5 Å². The quantitative estimate of drug-likeness (QED) is 0.768. The van der Waals surface area contributed by atoms with Crippen LogP contribution < -0.4 is 9.64 Å². The Labute approximate surface area is 106 Å². The van der Waals surface area contributed by atoms with Gasteiger partial charge in [0.1, 0.15) is 6.33 Å². The van der Waals surface area contributed by atoms with Crippen LogP contribution in [0.1, 0.15) is 26.2 Å². The molecule has 2 heterocycles. The van der Waals surface area contributed by atoms with E-state index in [0.717, 1.165) is 25.9 Å². The zero-order valence-electron chi connectivity index (χ0n) is 10.4. The Morgan fingerprint density at radius 1 is 1.33 bits per heavy atom. The first-order chi connectivity index (χ1) is 8.83. The monoisotopic (exact) mass is 249 g/mol. The van der Waals surface area contributed by atoms with E-state index in [1.165, 1.54) is 12.7 Å². The van der Waals surface area contributed by atoms with Gasteiger partial charge in [-0.2, -0.15) is 9.37 Å². The van der Waals surface area contributed by atoms with Crippen LogP contribution in [0.3, 0.4) is 0 Å². The summed E-state index contributed by atoms with van der Waals surface area (Å²) in [5.41, 5.74) is 0. The number of rotatable bonds is 3. The molecule has 1 saturated heterocycles. The molecule has 0 amide bonds. The lowest BCUT2D eigenvalue weighted by molar-refractivity contribution is 0.330. The molecule has 0 aromatic carbocycles. The van der Waals surface area contributed by atoms with Crippen LogP contribution in [0.5, 0.6) is 5.88 Å². The van der Waals surface area contributed by atoms with Gasteiger partial charge in [0.15, 0.2) is 12.4 Å². The molecule has 1 aliphatic heterocycles. The fraction of sp³-hybridized carbons (Fsp3) is 0.538. The highest BCUT2D eigenvalue weighted by Crippen LogP contribution is 2.25. The zero-order valence-corrected chi connectivity index (χ0v) is 10.4. The van der Waals surface area contributed by atoms with Crippen molar-refractivity contribution >= 4 is 5.82 Å². The van der Waals surface area contributed by atoms with Gasteiger partial charge in [0.2, 0.25) is 5.82 Å². The van der Waals surface area contributed by atoms with Gasteiger partial charge in [-0.15, -0.1) is 5.92 Å². The van der Waals surface area contributed by atoms with E-state index in [9.17, 15) is 4.39 Å². The van der Waals surface area contributed by atoms with Gasteiger partial charge in [0.25, 0.3) is 5.88 Å². The Bertz CT molecular complexity index is 461. The minimum atomic E-state index is -0.489. The lowest BCUT2D eigenvalue weighted by atomic mass is 10.1. The third-order valence-electron chi connectivity index (χ3n) is 2.85. The van der Waals surface area contributed by atoms with Crippen LogP contribution in [0.2, 0.25) is 0 Å². The highest BCUT2D eigenvalue weighted by atomic mass is 19.1. The Morgan fingerprint density at radius 3 is 2.83 bits per heavy atom. The SMILES string of the molecule is CC#CCOc1ncnc(N2CCCCC2)c1F. The topological polar surface area (TPSA) is 38.3 Å². The highest BCUT2D eigenvalue weighted by molar-refractivity contribution is 5.43. The molecule has 1 aromatic heterocycles. The van der Waals surface area contributed by atoms with Crippen molar-refractivity contribution in [2.45, 2.75) is 26.2 Å². The lowest BCUT2D eigenvalue weighted by Gasteiger charge is -2.27. The Kier molecular flexibility index (Phi) is 4.35. The van der Waals surface area contributed by atoms with E-state index in [4.69, 9.17) is 4.74 Å². The van der Waals surface area contributed by atoms with Crippen molar-refractivity contribution < 1.29 is 9.13 Å². The summed E-state index contributed by atoms with van der Waals surface area (Å²) in [4.78, 5) is 9.76. The summed E-state index contributed by atoms with van der Waals surface area (Å²) in [7, 11) is 0. The van der Waals surface area contributed by atoms with Gasteiger partial charge >= 0.3 is 0 Å². The normalized spacial score (nSPS) is 14.9. The summed E-state index contributed by atoms with van der Waals surface area (Å²) in [6.45, 7) is 3.52. The lowest BCUT2D eigenvalue weighted by Crippen LogP contribution is -2.31. The summed E-state index contributed by atoms with van der Waals surface area (Å²) in [6, 6.07) is 0. The van der Waals surface area contributed by atoms with Crippen molar-refractivity contribution in [2.24, 2.45) is 0 Å². The van der Waals surface area contributed by atoms with Gasteiger partial charge in [0.05, 0.1) is 0 Å². The number of ether oxygens (including phenoxy) is 1. The molecule has 0 saturated carbocycles. The fourth-order valence-electron chi connectivity index (χ4n) is 1.95. The molecule has 0 radical (unpaired) electrons. The van der Waals surface area contributed by atoms with Gasteiger partial charge in [-0.1, -0.05) is 5.92 Å². The smallest absolute Gasteiger partial charge is 0.256 e. The summed E-state index contributed by atoms with van der Waals surface area (Å²) in [6.07, 6.45) is 4.67. The zero-order chi connectivity index (χ0) is 12.8. The maximum absolute atomic E-state index is 14.1. The average molecular weight is 249 g/mol. The molecule has 2 rings (SSSR count). The average Bonchev–Trinajstić information content (AvgIpc) is 2.42. The first-order valence-corrected chi connectivity index (χ1v) is 6.11. The van der Waals surface area contributed by atoms with Crippen molar-refractivity contribution in [3.05, 3.63) is 12.1 Å². The van der Waals surface area contributed by atoms with Crippen LogP contribution in [-0.2, 0) is 0 Å². The van der Waals surface area contributed by atoms with Crippen LogP contribution in [0.15, 0.2) is 6.33 Å². The molecule has 0 aliphatic carbocycles. The third-order valence-corrected chi connectivity index (χ3v) is 2.85. The van der Waals surface area contributed by atoms with E-state index in [1.807, 2.05) is 4.90 Å². The molecule has 0 N–H and O–H groups in total. The minimum Gasteiger partial charge on any atom is -0.462 e. The molecule has 1 aliphatic rings. The van der Waals surface area contributed by atoms with Gasteiger partial charge in [0, 0.05) is 13.1 Å². The van der Waals surface area contributed by atoms with Crippen LogP contribution in [0.4, 0.5) is 10.2 Å². The van der Waals surface area contributed by atoms with Crippen LogP contribution >= 0.6 is 0 Å². The van der Waals surface area contributed by atoms with E-state index in [0.29, 0.717) is 5.82 Å². The molecule has 4 nitrogen and oxygen atoms in total. The standard InChI is InChI=1S/C13H16FN3O/c1-2-3-9-18-13-11(14)12(15-10-16-13)17-7-5-4-6-8-17/h10H,4-9H2,1H3. The van der Waals surface area contributed by atoms with Crippen molar-refractivity contribution in [3.8, 4) is 17.7 Å². The minimum absolute atomic E-state index is 0.0201. The van der Waals surface area contributed by atoms with Crippen LogP contribution in [0, 0.1) is 17.7 Å². The number of piperidine rings is 1. The van der Waals surface area contributed by atoms with Gasteiger partial charge in [-0.3, -0.25) is 0 Å². The Morgan fingerprint density at radius 2 is 2.11 bits per heavy atom. The molecule has 0 atom stereocenters. The Hall–Kier alpha value is -1.83. The molecule has 0 unspecified atom stereocenters. The maximum Gasteiger partial charge on any atom is 0.256 e. The number of hydrogen-bond donors (Lipinski definition) is 0. The molecule has 0 bridgehead atoms. The predicted molar refractivity (Wildman–Crippen MR) is 67.0 cm³/mol. The molecule has 96 valence electrons. The largest absolute Gasteiger partial charge is 0.462 e. The number of anilines is 1. The Balaban J connectivity index is 2.14. The molecular formula is C13H16FN3O. The van der Waals surface area contributed by atoms with Crippen molar-refractivity contribution in [1.29, 1.82) is 0 Å². The summed E-state index contributed by atoms with van der Waals surface area (Å²) in [5.74, 6) is 5.22. The van der Waals surface area contributed by atoms with E-state index in [2.05, 4.69) is 21.8 Å².